The van der Waals surface area contributed by atoms with Crippen molar-refractivity contribution in [2.45, 2.75) is 44.6 Å². The second-order valence-corrected chi connectivity index (χ2v) is 5.38. The topological polar surface area (TPSA) is 58.6 Å². The standard InChI is InChI=1S/C13H23NO3/c15-13(16)11-3-5-12(6-4-11)14-8-10-2-1-7-17-9-10/h10-12,14H,1-9H2,(H,15,16). The van der Waals surface area contributed by atoms with Crippen LogP contribution in [-0.2, 0) is 9.53 Å². The van der Waals surface area contributed by atoms with E-state index >= 15 is 0 Å². The highest BCUT2D eigenvalue weighted by atomic mass is 16.5. The Bertz CT molecular complexity index is 243. The molecule has 98 valence electrons. The van der Waals surface area contributed by atoms with Crippen LogP contribution in [0.25, 0.3) is 0 Å². The second kappa shape index (κ2) is 6.36. The van der Waals surface area contributed by atoms with E-state index in [9.17, 15) is 4.79 Å². The van der Waals surface area contributed by atoms with Gasteiger partial charge in [-0.3, -0.25) is 4.79 Å². The van der Waals surface area contributed by atoms with Crippen LogP contribution < -0.4 is 5.32 Å². The average molecular weight is 241 g/mol. The van der Waals surface area contributed by atoms with Crippen LogP contribution in [0.15, 0.2) is 0 Å². The smallest absolute Gasteiger partial charge is 0.306 e. The van der Waals surface area contributed by atoms with E-state index < -0.39 is 5.97 Å². The Hall–Kier alpha value is -0.610. The van der Waals surface area contributed by atoms with Gasteiger partial charge in [0.05, 0.1) is 12.5 Å². The molecule has 1 aliphatic heterocycles. The molecular weight excluding hydrogens is 218 g/mol. The van der Waals surface area contributed by atoms with Gasteiger partial charge in [0.2, 0.25) is 0 Å². The van der Waals surface area contributed by atoms with E-state index in [1.165, 1.54) is 12.8 Å². The van der Waals surface area contributed by atoms with Crippen molar-refractivity contribution >= 4 is 5.97 Å². The quantitative estimate of drug-likeness (QED) is 0.785. The van der Waals surface area contributed by atoms with Gasteiger partial charge in [0.15, 0.2) is 0 Å². The summed E-state index contributed by atoms with van der Waals surface area (Å²) >= 11 is 0. The summed E-state index contributed by atoms with van der Waals surface area (Å²) < 4.78 is 5.45. The van der Waals surface area contributed by atoms with Crippen molar-refractivity contribution in [3.05, 3.63) is 0 Å². The molecule has 0 aromatic carbocycles. The molecule has 0 bridgehead atoms. The molecule has 2 N–H and O–H groups in total. The predicted octanol–water partition coefficient (Wildman–Crippen LogP) is 1.65. The van der Waals surface area contributed by atoms with Crippen LogP contribution >= 0.6 is 0 Å². The third kappa shape index (κ3) is 3.96. The van der Waals surface area contributed by atoms with Gasteiger partial charge in [-0.05, 0) is 44.4 Å². The number of ether oxygens (including phenoxy) is 1. The first-order valence-corrected chi connectivity index (χ1v) is 6.79. The van der Waals surface area contributed by atoms with E-state index in [0.29, 0.717) is 12.0 Å². The predicted molar refractivity (Wildman–Crippen MR) is 64.9 cm³/mol. The Morgan fingerprint density at radius 1 is 1.24 bits per heavy atom. The van der Waals surface area contributed by atoms with Crippen molar-refractivity contribution in [2.75, 3.05) is 19.8 Å². The molecule has 0 radical (unpaired) electrons. The van der Waals surface area contributed by atoms with E-state index in [2.05, 4.69) is 5.32 Å². The summed E-state index contributed by atoms with van der Waals surface area (Å²) in [5.41, 5.74) is 0. The van der Waals surface area contributed by atoms with Crippen molar-refractivity contribution in [3.8, 4) is 0 Å². The minimum absolute atomic E-state index is 0.105. The molecule has 1 aliphatic carbocycles. The summed E-state index contributed by atoms with van der Waals surface area (Å²) in [5, 5.41) is 12.5. The summed E-state index contributed by atoms with van der Waals surface area (Å²) in [7, 11) is 0. The molecule has 1 saturated carbocycles. The third-order valence-corrected chi connectivity index (χ3v) is 4.03. The van der Waals surface area contributed by atoms with Crippen LogP contribution in [0.3, 0.4) is 0 Å². The van der Waals surface area contributed by atoms with Gasteiger partial charge in [0, 0.05) is 19.2 Å². The van der Waals surface area contributed by atoms with Gasteiger partial charge in [0.25, 0.3) is 0 Å². The summed E-state index contributed by atoms with van der Waals surface area (Å²) in [4.78, 5) is 10.8. The summed E-state index contributed by atoms with van der Waals surface area (Å²) in [6.45, 7) is 2.83. The Balaban J connectivity index is 1.62. The number of hydrogen-bond donors (Lipinski definition) is 2. The molecule has 1 heterocycles. The van der Waals surface area contributed by atoms with Gasteiger partial charge in [0.1, 0.15) is 0 Å². The molecule has 2 fully saturated rings. The van der Waals surface area contributed by atoms with Crippen molar-refractivity contribution in [2.24, 2.45) is 11.8 Å². The third-order valence-electron chi connectivity index (χ3n) is 4.03. The molecule has 4 nitrogen and oxygen atoms in total. The molecule has 0 amide bonds. The van der Waals surface area contributed by atoms with Gasteiger partial charge in [-0.2, -0.15) is 0 Å². The van der Waals surface area contributed by atoms with Crippen molar-refractivity contribution in [3.63, 3.8) is 0 Å². The Morgan fingerprint density at radius 3 is 2.59 bits per heavy atom. The fourth-order valence-electron chi connectivity index (χ4n) is 2.85. The molecule has 0 aromatic heterocycles. The molecule has 2 aliphatic rings. The first-order chi connectivity index (χ1) is 8.25. The highest BCUT2D eigenvalue weighted by molar-refractivity contribution is 5.70. The second-order valence-electron chi connectivity index (χ2n) is 5.38. The molecule has 4 heteroatoms. The molecule has 2 rings (SSSR count). The zero-order chi connectivity index (χ0) is 12.1. The lowest BCUT2D eigenvalue weighted by Crippen LogP contribution is -2.39. The van der Waals surface area contributed by atoms with Crippen LogP contribution in [-0.4, -0.2) is 36.9 Å². The molecule has 1 atom stereocenters. The molecule has 1 unspecified atom stereocenters. The number of carboxylic acids is 1. The maximum Gasteiger partial charge on any atom is 0.306 e. The first-order valence-electron chi connectivity index (χ1n) is 6.79. The molecular formula is C13H23NO3. The Kier molecular flexibility index (Phi) is 4.80. The van der Waals surface area contributed by atoms with Crippen LogP contribution in [0, 0.1) is 11.8 Å². The maximum atomic E-state index is 10.8. The minimum atomic E-state index is -0.621. The molecule has 0 aromatic rings. The van der Waals surface area contributed by atoms with Crippen LogP contribution in [0.5, 0.6) is 0 Å². The number of nitrogens with one attached hydrogen (secondary N) is 1. The maximum absolute atomic E-state index is 10.8. The fourth-order valence-corrected chi connectivity index (χ4v) is 2.85. The van der Waals surface area contributed by atoms with E-state index in [1.807, 2.05) is 0 Å². The van der Waals surface area contributed by atoms with Gasteiger partial charge >= 0.3 is 5.97 Å². The lowest BCUT2D eigenvalue weighted by Gasteiger charge is -2.29. The van der Waals surface area contributed by atoms with Gasteiger partial charge in [-0.25, -0.2) is 0 Å². The van der Waals surface area contributed by atoms with Crippen LogP contribution in [0.4, 0.5) is 0 Å². The number of hydrogen-bond acceptors (Lipinski definition) is 3. The van der Waals surface area contributed by atoms with E-state index in [0.717, 1.165) is 45.4 Å². The number of carboxylic acid groups (broad SMARTS) is 1. The average Bonchev–Trinajstić information content (AvgIpc) is 2.38. The van der Waals surface area contributed by atoms with Crippen molar-refractivity contribution in [1.82, 2.24) is 5.32 Å². The molecule has 1 saturated heterocycles. The lowest BCUT2D eigenvalue weighted by molar-refractivity contribution is -0.142. The summed E-state index contributed by atoms with van der Waals surface area (Å²) in [5.74, 6) is -0.0730. The number of rotatable bonds is 4. The lowest BCUT2D eigenvalue weighted by atomic mass is 9.86. The van der Waals surface area contributed by atoms with E-state index in [4.69, 9.17) is 9.84 Å². The Labute approximate surface area is 103 Å². The Morgan fingerprint density at radius 2 is 2.00 bits per heavy atom. The fraction of sp³-hybridized carbons (Fsp3) is 0.923. The zero-order valence-corrected chi connectivity index (χ0v) is 10.4. The van der Waals surface area contributed by atoms with Gasteiger partial charge in [-0.1, -0.05) is 0 Å². The highest BCUT2D eigenvalue weighted by Gasteiger charge is 2.26. The summed E-state index contributed by atoms with van der Waals surface area (Å²) in [6.07, 6.45) is 6.10. The highest BCUT2D eigenvalue weighted by Crippen LogP contribution is 2.24. The van der Waals surface area contributed by atoms with Crippen LogP contribution in [0.2, 0.25) is 0 Å². The van der Waals surface area contributed by atoms with Crippen molar-refractivity contribution < 1.29 is 14.6 Å². The summed E-state index contributed by atoms with van der Waals surface area (Å²) in [6, 6.07) is 0.521. The molecule has 0 spiro atoms. The van der Waals surface area contributed by atoms with E-state index in [1.54, 1.807) is 0 Å². The monoisotopic (exact) mass is 241 g/mol. The van der Waals surface area contributed by atoms with Crippen LogP contribution in [0.1, 0.15) is 38.5 Å². The van der Waals surface area contributed by atoms with Crippen molar-refractivity contribution in [1.29, 1.82) is 0 Å². The van der Waals surface area contributed by atoms with E-state index in [-0.39, 0.29) is 5.92 Å². The normalized spacial score (nSPS) is 34.5. The number of carbonyl (C=O) groups is 1. The minimum Gasteiger partial charge on any atom is -0.481 e. The van der Waals surface area contributed by atoms with Gasteiger partial charge in [-0.15, -0.1) is 0 Å². The largest absolute Gasteiger partial charge is 0.481 e. The number of aliphatic carboxylic acids is 1. The zero-order valence-electron chi connectivity index (χ0n) is 10.4. The SMILES string of the molecule is O=C(O)C1CCC(NCC2CCCOC2)CC1. The first kappa shape index (κ1) is 12.8. The molecule has 17 heavy (non-hydrogen) atoms. The van der Waals surface area contributed by atoms with Gasteiger partial charge < -0.3 is 15.2 Å².